The number of nitriles is 1. The quantitative estimate of drug-likeness (QED) is 0.907. The van der Waals surface area contributed by atoms with Crippen molar-refractivity contribution in [2.24, 2.45) is 0 Å². The Morgan fingerprint density at radius 2 is 2.15 bits per heavy atom. The Labute approximate surface area is 125 Å². The van der Waals surface area contributed by atoms with E-state index < -0.39 is 6.10 Å². The summed E-state index contributed by atoms with van der Waals surface area (Å²) in [6.07, 6.45) is 0.593. The number of thioether (sulfide) groups is 1. The third-order valence-electron chi connectivity index (χ3n) is 3.79. The molecule has 1 aliphatic rings. The highest BCUT2D eigenvalue weighted by molar-refractivity contribution is 8.00. The molecule has 3 nitrogen and oxygen atoms in total. The molecule has 108 valence electrons. The summed E-state index contributed by atoms with van der Waals surface area (Å²) in [5.74, 6) is 1.07. The van der Waals surface area contributed by atoms with Crippen molar-refractivity contribution in [1.29, 1.82) is 5.26 Å². The molecule has 0 saturated carbocycles. The van der Waals surface area contributed by atoms with Gasteiger partial charge in [-0.25, -0.2) is 0 Å². The molecule has 1 atom stereocenters. The number of benzene rings is 1. The largest absolute Gasteiger partial charge is 0.389 e. The van der Waals surface area contributed by atoms with Crippen LogP contribution >= 0.6 is 11.8 Å². The summed E-state index contributed by atoms with van der Waals surface area (Å²) in [5, 5.41) is 19.1. The molecule has 1 aliphatic heterocycles. The molecule has 1 aromatic rings. The van der Waals surface area contributed by atoms with Crippen molar-refractivity contribution in [3.8, 4) is 6.07 Å². The first-order valence-corrected chi connectivity index (χ1v) is 8.02. The van der Waals surface area contributed by atoms with Crippen molar-refractivity contribution in [3.05, 3.63) is 29.3 Å². The Hall–Kier alpha value is -1.18. The lowest BCUT2D eigenvalue weighted by Crippen LogP contribution is -2.28. The van der Waals surface area contributed by atoms with Crippen LogP contribution in [0.5, 0.6) is 0 Å². The number of nitrogens with zero attached hydrogens (tertiary/aromatic N) is 2. The van der Waals surface area contributed by atoms with E-state index >= 15 is 0 Å². The number of hydrogen-bond acceptors (Lipinski definition) is 4. The van der Waals surface area contributed by atoms with Gasteiger partial charge in [-0.05, 0) is 25.5 Å². The molecule has 20 heavy (non-hydrogen) atoms. The lowest BCUT2D eigenvalue weighted by molar-refractivity contribution is 0.199. The van der Waals surface area contributed by atoms with E-state index in [1.807, 2.05) is 23.9 Å². The molecule has 1 saturated heterocycles. The summed E-state index contributed by atoms with van der Waals surface area (Å²) in [6.45, 7) is 8.27. The van der Waals surface area contributed by atoms with E-state index in [0.29, 0.717) is 10.3 Å². The van der Waals surface area contributed by atoms with Gasteiger partial charge in [0.25, 0.3) is 0 Å². The van der Waals surface area contributed by atoms with Gasteiger partial charge in [-0.2, -0.15) is 17.0 Å². The van der Waals surface area contributed by atoms with Gasteiger partial charge in [-0.15, -0.1) is 0 Å². The topological polar surface area (TPSA) is 47.3 Å². The molecule has 0 aromatic heterocycles. The zero-order valence-electron chi connectivity index (χ0n) is 12.4. The third kappa shape index (κ3) is 3.47. The van der Waals surface area contributed by atoms with Crippen LogP contribution in [-0.2, 0) is 0 Å². The highest BCUT2D eigenvalue weighted by Gasteiger charge is 2.25. The van der Waals surface area contributed by atoms with E-state index in [9.17, 15) is 5.11 Å². The molecule has 0 unspecified atom stereocenters. The normalized spacial score (nSPS) is 20.1. The molecule has 4 heteroatoms. The van der Waals surface area contributed by atoms with Crippen LogP contribution in [-0.4, -0.2) is 28.7 Å². The molecule has 1 heterocycles. The highest BCUT2D eigenvalue weighted by Crippen LogP contribution is 2.34. The Bertz CT molecular complexity index is 520. The number of rotatable bonds is 2. The van der Waals surface area contributed by atoms with Crippen LogP contribution < -0.4 is 4.90 Å². The van der Waals surface area contributed by atoms with Crippen molar-refractivity contribution in [2.45, 2.75) is 38.0 Å². The molecular formula is C16H22N2OS. The predicted molar refractivity (Wildman–Crippen MR) is 85.2 cm³/mol. The average Bonchev–Trinajstić information content (AvgIpc) is 2.58. The van der Waals surface area contributed by atoms with Gasteiger partial charge >= 0.3 is 0 Å². The Morgan fingerprint density at radius 3 is 2.80 bits per heavy atom. The zero-order chi connectivity index (χ0) is 14.8. The molecule has 1 N–H and O–H groups in total. The Kier molecular flexibility index (Phi) is 4.62. The summed E-state index contributed by atoms with van der Waals surface area (Å²) in [7, 11) is 0. The fourth-order valence-corrected chi connectivity index (χ4v) is 3.60. The van der Waals surface area contributed by atoms with E-state index in [-0.39, 0.29) is 0 Å². The van der Waals surface area contributed by atoms with Crippen LogP contribution in [0.15, 0.2) is 18.2 Å². The smallest absolute Gasteiger partial charge is 0.0992 e. The van der Waals surface area contributed by atoms with E-state index in [1.165, 1.54) is 0 Å². The van der Waals surface area contributed by atoms with Gasteiger partial charge in [-0.3, -0.25) is 0 Å². The maximum atomic E-state index is 9.96. The van der Waals surface area contributed by atoms with Crippen molar-refractivity contribution in [1.82, 2.24) is 0 Å². The monoisotopic (exact) mass is 290 g/mol. The molecule has 0 bridgehead atoms. The first-order valence-electron chi connectivity index (χ1n) is 7.04. The molecular weight excluding hydrogens is 268 g/mol. The SMILES string of the molecule is C[C@H](O)c1ccc(C#N)cc1N1CCSC(C)(C)CC1. The number of aliphatic hydroxyl groups excluding tert-OH is 1. The maximum absolute atomic E-state index is 9.96. The first-order chi connectivity index (χ1) is 9.43. The molecule has 0 spiro atoms. The zero-order valence-corrected chi connectivity index (χ0v) is 13.2. The summed E-state index contributed by atoms with van der Waals surface area (Å²) in [6, 6.07) is 7.76. The van der Waals surface area contributed by atoms with Gasteiger partial charge in [0.05, 0.1) is 17.7 Å². The predicted octanol–water partition coefficient (Wildman–Crippen LogP) is 3.33. The molecule has 1 aromatic carbocycles. The van der Waals surface area contributed by atoms with Crippen LogP contribution in [0.1, 0.15) is 44.4 Å². The standard InChI is InChI=1S/C16H22N2OS/c1-12(19)14-5-4-13(11-17)10-15(14)18-7-6-16(2,3)20-9-8-18/h4-5,10,12,19H,6-9H2,1-3H3/t12-/m0/s1. The lowest BCUT2D eigenvalue weighted by Gasteiger charge is -2.27. The van der Waals surface area contributed by atoms with Gasteiger partial charge in [0.15, 0.2) is 0 Å². The van der Waals surface area contributed by atoms with Crippen molar-refractivity contribution < 1.29 is 5.11 Å². The fourth-order valence-electron chi connectivity index (χ4n) is 2.50. The van der Waals surface area contributed by atoms with Crippen LogP contribution in [0.25, 0.3) is 0 Å². The number of aliphatic hydroxyl groups is 1. The molecule has 0 aliphatic carbocycles. The van der Waals surface area contributed by atoms with Crippen LogP contribution in [0.2, 0.25) is 0 Å². The van der Waals surface area contributed by atoms with Crippen LogP contribution in [0.3, 0.4) is 0 Å². The summed E-state index contributed by atoms with van der Waals surface area (Å²) in [4.78, 5) is 2.31. The minimum atomic E-state index is -0.512. The van der Waals surface area contributed by atoms with Crippen molar-refractivity contribution in [3.63, 3.8) is 0 Å². The summed E-state index contributed by atoms with van der Waals surface area (Å²) < 4.78 is 0.298. The second-order valence-electron chi connectivity index (χ2n) is 5.91. The van der Waals surface area contributed by atoms with Gasteiger partial charge in [0.2, 0.25) is 0 Å². The van der Waals surface area contributed by atoms with Crippen LogP contribution in [0, 0.1) is 11.3 Å². The van der Waals surface area contributed by atoms with E-state index in [2.05, 4.69) is 24.8 Å². The van der Waals surface area contributed by atoms with Crippen molar-refractivity contribution in [2.75, 3.05) is 23.7 Å². The molecule has 1 fully saturated rings. The van der Waals surface area contributed by atoms with E-state index in [4.69, 9.17) is 5.26 Å². The second kappa shape index (κ2) is 6.07. The third-order valence-corrected chi connectivity index (χ3v) is 5.16. The summed E-state index contributed by atoms with van der Waals surface area (Å²) >= 11 is 1.99. The van der Waals surface area contributed by atoms with Gasteiger partial charge < -0.3 is 10.0 Å². The van der Waals surface area contributed by atoms with E-state index in [1.54, 1.807) is 13.0 Å². The van der Waals surface area contributed by atoms with E-state index in [0.717, 1.165) is 36.5 Å². The number of hydrogen-bond donors (Lipinski definition) is 1. The lowest BCUT2D eigenvalue weighted by atomic mass is 10.0. The molecule has 0 radical (unpaired) electrons. The minimum absolute atomic E-state index is 0.298. The van der Waals surface area contributed by atoms with Gasteiger partial charge in [0, 0.05) is 34.8 Å². The number of anilines is 1. The Morgan fingerprint density at radius 1 is 1.40 bits per heavy atom. The second-order valence-corrected chi connectivity index (χ2v) is 7.71. The Balaban J connectivity index is 2.33. The maximum Gasteiger partial charge on any atom is 0.0992 e. The van der Waals surface area contributed by atoms with Gasteiger partial charge in [-0.1, -0.05) is 19.9 Å². The fraction of sp³-hybridized carbons (Fsp3) is 0.562. The first kappa shape index (κ1) is 15.2. The molecule has 0 amide bonds. The minimum Gasteiger partial charge on any atom is -0.389 e. The molecule has 2 rings (SSSR count). The van der Waals surface area contributed by atoms with Gasteiger partial charge in [0.1, 0.15) is 0 Å². The van der Waals surface area contributed by atoms with Crippen LogP contribution in [0.4, 0.5) is 5.69 Å². The average molecular weight is 290 g/mol. The summed E-state index contributed by atoms with van der Waals surface area (Å²) in [5.41, 5.74) is 2.58. The van der Waals surface area contributed by atoms with Crippen molar-refractivity contribution >= 4 is 17.4 Å². The highest BCUT2D eigenvalue weighted by atomic mass is 32.2.